The number of fused-ring (bicyclic) bond motifs is 3. The Balaban J connectivity index is 1.61. The van der Waals surface area contributed by atoms with Gasteiger partial charge in [-0.25, -0.2) is 4.79 Å². The van der Waals surface area contributed by atoms with Gasteiger partial charge in [-0.15, -0.1) is 0 Å². The summed E-state index contributed by atoms with van der Waals surface area (Å²) in [5, 5.41) is 21.9. The van der Waals surface area contributed by atoms with Crippen LogP contribution in [0.5, 0.6) is 0 Å². The van der Waals surface area contributed by atoms with E-state index in [0.717, 1.165) is 56.9 Å². The highest BCUT2D eigenvalue weighted by Crippen LogP contribution is 2.38. The second-order valence-corrected chi connectivity index (χ2v) is 16.1. The molecule has 0 radical (unpaired) electrons. The van der Waals surface area contributed by atoms with Crippen molar-refractivity contribution in [1.82, 2.24) is 4.90 Å². The van der Waals surface area contributed by atoms with Crippen LogP contribution in [0.1, 0.15) is 125 Å². The van der Waals surface area contributed by atoms with Crippen LogP contribution >= 0.6 is 0 Å². The van der Waals surface area contributed by atoms with E-state index in [1.54, 1.807) is 12.0 Å². The number of ether oxygens (including phenoxy) is 3. The van der Waals surface area contributed by atoms with Crippen LogP contribution in [0.2, 0.25) is 0 Å². The summed E-state index contributed by atoms with van der Waals surface area (Å²) in [6.45, 7) is 10.5. The number of rotatable bonds is 4. The molecule has 4 aliphatic rings. The number of esters is 1. The lowest BCUT2D eigenvalue weighted by Crippen LogP contribution is -2.55. The number of nitrogens with zero attached hydrogens (tertiary/aromatic N) is 1. The average molecular weight is 700 g/mol. The fourth-order valence-corrected chi connectivity index (χ4v) is 8.45. The molecule has 1 amide bonds. The van der Waals surface area contributed by atoms with Crippen molar-refractivity contribution in [3.8, 4) is 0 Å². The quantitative estimate of drug-likeness (QED) is 0.306. The van der Waals surface area contributed by atoms with E-state index in [1.165, 1.54) is 0 Å². The smallest absolute Gasteiger partial charge is 0.329 e. The van der Waals surface area contributed by atoms with Gasteiger partial charge in [0.25, 0.3) is 0 Å². The van der Waals surface area contributed by atoms with Crippen LogP contribution < -0.4 is 0 Å². The SMILES string of the molecule is COC1CC2CCC(C)C(O)(CC(=O)N3CCCCC3C(=O)OC(C(C)CC3CCC(O)CC3)CC(=O)C(C)CC(C)C=CC=CC=C1C)O2. The summed E-state index contributed by atoms with van der Waals surface area (Å²) >= 11 is 0. The fourth-order valence-electron chi connectivity index (χ4n) is 8.45. The molecule has 9 nitrogen and oxygen atoms in total. The van der Waals surface area contributed by atoms with E-state index in [-0.39, 0.29) is 66.5 Å². The summed E-state index contributed by atoms with van der Waals surface area (Å²) in [5.41, 5.74) is 1.03. The predicted molar refractivity (Wildman–Crippen MR) is 194 cm³/mol. The van der Waals surface area contributed by atoms with Crippen LogP contribution in [0.4, 0.5) is 0 Å². The lowest BCUT2D eigenvalue weighted by Gasteiger charge is -2.44. The third-order valence-electron chi connectivity index (χ3n) is 12.0. The minimum atomic E-state index is -1.66. The molecule has 3 aliphatic heterocycles. The zero-order valence-electron chi connectivity index (χ0n) is 31.6. The monoisotopic (exact) mass is 699 g/mol. The lowest BCUT2D eigenvalue weighted by atomic mass is 9.79. The summed E-state index contributed by atoms with van der Waals surface area (Å²) in [5.74, 6) is -2.32. The molecule has 2 N–H and O–H groups in total. The van der Waals surface area contributed by atoms with Crippen molar-refractivity contribution < 1.29 is 38.8 Å². The van der Waals surface area contributed by atoms with Crippen LogP contribution in [0, 0.1) is 29.6 Å². The number of allylic oxidation sites excluding steroid dienone is 5. The summed E-state index contributed by atoms with van der Waals surface area (Å²) in [4.78, 5) is 43.3. The molecule has 0 aromatic rings. The first-order chi connectivity index (χ1) is 23.8. The number of carbonyl (C=O) groups is 3. The average Bonchev–Trinajstić information content (AvgIpc) is 3.08. The summed E-state index contributed by atoms with van der Waals surface area (Å²) in [6.07, 6.45) is 17.6. The van der Waals surface area contributed by atoms with Crippen LogP contribution in [-0.4, -0.2) is 82.7 Å². The summed E-state index contributed by atoms with van der Waals surface area (Å²) in [7, 11) is 1.67. The van der Waals surface area contributed by atoms with Crippen molar-refractivity contribution in [1.29, 1.82) is 0 Å². The van der Waals surface area contributed by atoms with Crippen molar-refractivity contribution in [3.63, 3.8) is 0 Å². The molecule has 3 heterocycles. The van der Waals surface area contributed by atoms with E-state index in [9.17, 15) is 24.6 Å². The lowest BCUT2D eigenvalue weighted by molar-refractivity contribution is -0.284. The maximum Gasteiger partial charge on any atom is 0.329 e. The molecule has 0 aromatic heterocycles. The summed E-state index contributed by atoms with van der Waals surface area (Å²) in [6, 6.07) is -0.772. The molecular formula is C41H65NO8. The first-order valence-corrected chi connectivity index (χ1v) is 19.4. The minimum absolute atomic E-state index is 0.0541. The van der Waals surface area contributed by atoms with Crippen LogP contribution in [0.15, 0.2) is 36.0 Å². The van der Waals surface area contributed by atoms with E-state index in [1.807, 2.05) is 45.1 Å². The number of hydrogen-bond acceptors (Lipinski definition) is 8. The highest BCUT2D eigenvalue weighted by atomic mass is 16.6. The minimum Gasteiger partial charge on any atom is -0.460 e. The van der Waals surface area contributed by atoms with Gasteiger partial charge < -0.3 is 29.3 Å². The van der Waals surface area contributed by atoms with Crippen molar-refractivity contribution in [2.24, 2.45) is 29.6 Å². The molecule has 4 rings (SSSR count). The number of piperidine rings is 1. The number of cyclic esters (lactones) is 1. The molecular weight excluding hydrogens is 634 g/mol. The standard InChI is InChI=1S/C41H65NO8/c1-27-12-8-7-9-13-28(2)37(48-6)24-34-20-15-31(5)41(47,50-34)26-39(45)42-21-11-10-14-35(42)40(46)49-38(25-36(44)29(3)22-27)30(4)23-32-16-18-33(43)19-17-32/h7-9,12-13,27,29-35,37-38,43,47H,10-11,14-26H2,1-6H3. The van der Waals surface area contributed by atoms with E-state index in [4.69, 9.17) is 14.2 Å². The largest absolute Gasteiger partial charge is 0.460 e. The number of methoxy groups -OCH3 is 1. The number of aliphatic hydroxyl groups excluding tert-OH is 1. The Hall–Kier alpha value is -2.33. The molecule has 0 aromatic carbocycles. The zero-order chi connectivity index (χ0) is 36.4. The third kappa shape index (κ3) is 11.3. The molecule has 2 saturated heterocycles. The molecule has 2 bridgehead atoms. The van der Waals surface area contributed by atoms with Crippen molar-refractivity contribution in [2.75, 3.05) is 13.7 Å². The summed E-state index contributed by atoms with van der Waals surface area (Å²) < 4.78 is 18.4. The Morgan fingerprint density at radius 1 is 0.980 bits per heavy atom. The van der Waals surface area contributed by atoms with Gasteiger partial charge in [0.2, 0.25) is 5.91 Å². The maximum atomic E-state index is 14.0. The van der Waals surface area contributed by atoms with Crippen molar-refractivity contribution >= 4 is 17.7 Å². The molecule has 1 saturated carbocycles. The van der Waals surface area contributed by atoms with E-state index in [2.05, 4.69) is 19.9 Å². The predicted octanol–water partition coefficient (Wildman–Crippen LogP) is 6.85. The van der Waals surface area contributed by atoms with Crippen LogP contribution in [-0.2, 0) is 28.6 Å². The van der Waals surface area contributed by atoms with Crippen LogP contribution in [0.3, 0.4) is 0 Å². The Morgan fingerprint density at radius 3 is 2.44 bits per heavy atom. The van der Waals surface area contributed by atoms with Gasteiger partial charge in [0.05, 0.1) is 24.7 Å². The maximum absolute atomic E-state index is 14.0. The zero-order valence-corrected chi connectivity index (χ0v) is 31.6. The number of aliphatic hydroxyl groups is 2. The third-order valence-corrected chi connectivity index (χ3v) is 12.0. The van der Waals surface area contributed by atoms with E-state index < -0.39 is 23.9 Å². The number of carbonyl (C=O) groups excluding carboxylic acids is 3. The van der Waals surface area contributed by atoms with Gasteiger partial charge in [-0.3, -0.25) is 9.59 Å². The van der Waals surface area contributed by atoms with Gasteiger partial charge in [-0.2, -0.15) is 0 Å². The normalized spacial score (nSPS) is 38.2. The highest BCUT2D eigenvalue weighted by molar-refractivity contribution is 5.86. The second kappa shape index (κ2) is 19.0. The van der Waals surface area contributed by atoms with E-state index >= 15 is 0 Å². The van der Waals surface area contributed by atoms with Gasteiger partial charge in [0, 0.05) is 38.3 Å². The fraction of sp³-hybridized carbons (Fsp3) is 0.780. The van der Waals surface area contributed by atoms with Gasteiger partial charge in [-0.1, -0.05) is 58.1 Å². The topological polar surface area (TPSA) is 123 Å². The Labute approximate surface area is 300 Å². The molecule has 0 spiro atoms. The molecule has 50 heavy (non-hydrogen) atoms. The molecule has 3 fully saturated rings. The Kier molecular flexibility index (Phi) is 15.3. The second-order valence-electron chi connectivity index (χ2n) is 16.1. The first-order valence-electron chi connectivity index (χ1n) is 19.4. The van der Waals surface area contributed by atoms with Crippen LogP contribution in [0.25, 0.3) is 0 Å². The number of hydrogen-bond donors (Lipinski definition) is 2. The number of amides is 1. The first kappa shape index (κ1) is 40.4. The van der Waals surface area contributed by atoms with E-state index in [0.29, 0.717) is 38.1 Å². The molecule has 1 aliphatic carbocycles. The van der Waals surface area contributed by atoms with Crippen molar-refractivity contribution in [2.45, 2.75) is 161 Å². The Bertz CT molecular complexity index is 1220. The molecule has 9 unspecified atom stereocenters. The van der Waals surface area contributed by atoms with Gasteiger partial charge in [0.15, 0.2) is 5.79 Å². The number of ketones is 1. The van der Waals surface area contributed by atoms with Gasteiger partial charge >= 0.3 is 5.97 Å². The van der Waals surface area contributed by atoms with Gasteiger partial charge in [-0.05, 0) is 101 Å². The molecule has 9 atom stereocenters. The molecule has 9 heteroatoms. The van der Waals surface area contributed by atoms with Gasteiger partial charge in [0.1, 0.15) is 17.9 Å². The highest BCUT2D eigenvalue weighted by Gasteiger charge is 2.46. The number of Topliss-reactive ketones (excluding diaryl/α,β-unsaturated/α-hetero) is 1. The van der Waals surface area contributed by atoms with Crippen molar-refractivity contribution in [3.05, 3.63) is 36.0 Å². The molecule has 282 valence electrons. The Morgan fingerprint density at radius 2 is 1.72 bits per heavy atom.